The van der Waals surface area contributed by atoms with Crippen LogP contribution in [0, 0.1) is 0 Å². The number of likely N-dealkylation sites (tertiary alicyclic amines) is 1. The summed E-state index contributed by atoms with van der Waals surface area (Å²) in [7, 11) is 0. The highest BCUT2D eigenvalue weighted by molar-refractivity contribution is 6.35. The van der Waals surface area contributed by atoms with Crippen molar-refractivity contribution in [3.05, 3.63) is 75.8 Å². The van der Waals surface area contributed by atoms with Gasteiger partial charge in [-0.1, -0.05) is 29.8 Å². The Bertz CT molecular complexity index is 1200. The predicted molar refractivity (Wildman–Crippen MR) is 113 cm³/mol. The summed E-state index contributed by atoms with van der Waals surface area (Å²) >= 11 is 6.32. The second-order valence-electron chi connectivity index (χ2n) is 7.43. The minimum atomic E-state index is -0.00690. The number of nitrogens with one attached hydrogen (secondary N) is 1. The molecule has 3 heterocycles. The van der Waals surface area contributed by atoms with Crippen molar-refractivity contribution in [2.45, 2.75) is 25.4 Å². The Kier molecular flexibility index (Phi) is 4.41. The molecule has 1 aliphatic rings. The number of benzene rings is 2. The summed E-state index contributed by atoms with van der Waals surface area (Å²) in [6.07, 6.45) is 3.74. The number of halogens is 1. The molecule has 0 radical (unpaired) electrons. The number of piperidine rings is 1. The van der Waals surface area contributed by atoms with Gasteiger partial charge in [-0.15, -0.1) is 0 Å². The molecule has 0 unspecified atom stereocenters. The summed E-state index contributed by atoms with van der Waals surface area (Å²) in [5, 5.41) is 1.74. The first kappa shape index (κ1) is 17.5. The van der Waals surface area contributed by atoms with Crippen molar-refractivity contribution in [3.63, 3.8) is 0 Å². The summed E-state index contributed by atoms with van der Waals surface area (Å²) < 4.78 is 1.94. The number of para-hydroxylation sites is 2. The van der Waals surface area contributed by atoms with E-state index in [0.717, 1.165) is 59.4 Å². The van der Waals surface area contributed by atoms with E-state index in [0.29, 0.717) is 0 Å². The van der Waals surface area contributed by atoms with Crippen LogP contribution in [0.15, 0.2) is 59.5 Å². The van der Waals surface area contributed by atoms with Crippen molar-refractivity contribution in [1.29, 1.82) is 0 Å². The van der Waals surface area contributed by atoms with Crippen molar-refractivity contribution in [2.75, 3.05) is 13.1 Å². The fraction of sp³-hybridized carbons (Fsp3) is 0.273. The molecule has 0 spiro atoms. The van der Waals surface area contributed by atoms with Crippen molar-refractivity contribution in [1.82, 2.24) is 19.4 Å². The molecule has 0 amide bonds. The molecule has 1 saturated heterocycles. The third-order valence-corrected chi connectivity index (χ3v) is 6.07. The van der Waals surface area contributed by atoms with Crippen LogP contribution in [0.1, 0.15) is 24.4 Å². The molecule has 6 heteroatoms. The van der Waals surface area contributed by atoms with Gasteiger partial charge < -0.3 is 4.98 Å². The van der Waals surface area contributed by atoms with Crippen LogP contribution in [-0.2, 0) is 6.54 Å². The third kappa shape index (κ3) is 3.01. The SMILES string of the molecule is O=c1[nH]c2ccccc2n1C1CCN(Cc2ccc(Cl)c3cccnc23)CC1. The zero-order chi connectivity index (χ0) is 19.1. The lowest BCUT2D eigenvalue weighted by Gasteiger charge is -2.32. The van der Waals surface area contributed by atoms with Gasteiger partial charge in [0.05, 0.1) is 16.6 Å². The number of pyridine rings is 1. The maximum Gasteiger partial charge on any atom is 0.326 e. The molecule has 28 heavy (non-hydrogen) atoms. The van der Waals surface area contributed by atoms with Gasteiger partial charge in [0, 0.05) is 42.3 Å². The van der Waals surface area contributed by atoms with E-state index in [1.807, 2.05) is 53.2 Å². The number of fused-ring (bicyclic) bond motifs is 2. The lowest BCUT2D eigenvalue weighted by molar-refractivity contribution is 0.180. The fourth-order valence-electron chi connectivity index (χ4n) is 4.34. The normalized spacial score (nSPS) is 16.2. The number of nitrogens with zero attached hydrogens (tertiary/aromatic N) is 3. The first-order chi connectivity index (χ1) is 13.7. The highest BCUT2D eigenvalue weighted by Gasteiger charge is 2.24. The van der Waals surface area contributed by atoms with E-state index in [4.69, 9.17) is 11.6 Å². The lowest BCUT2D eigenvalue weighted by Crippen LogP contribution is -2.36. The van der Waals surface area contributed by atoms with Crippen LogP contribution < -0.4 is 5.69 Å². The minimum Gasteiger partial charge on any atom is -0.306 e. The number of H-pyrrole nitrogens is 1. The van der Waals surface area contributed by atoms with Crippen LogP contribution >= 0.6 is 11.6 Å². The standard InChI is InChI=1S/C22H21ClN4O/c23-18-8-7-15(21-17(18)4-3-11-24-21)14-26-12-9-16(10-13-26)27-20-6-2-1-5-19(20)25-22(27)28/h1-8,11,16H,9-10,12-14H2,(H,25,28). The van der Waals surface area contributed by atoms with E-state index in [9.17, 15) is 4.79 Å². The van der Waals surface area contributed by atoms with E-state index in [1.165, 1.54) is 5.56 Å². The number of aromatic nitrogens is 3. The van der Waals surface area contributed by atoms with Crippen LogP contribution in [0.4, 0.5) is 0 Å². The van der Waals surface area contributed by atoms with E-state index in [1.54, 1.807) is 0 Å². The Balaban J connectivity index is 1.35. The Morgan fingerprint density at radius 3 is 2.75 bits per heavy atom. The molecule has 2 aromatic heterocycles. The number of hydrogen-bond acceptors (Lipinski definition) is 3. The van der Waals surface area contributed by atoms with Crippen LogP contribution in [0.2, 0.25) is 5.02 Å². The van der Waals surface area contributed by atoms with Gasteiger partial charge in [0.1, 0.15) is 0 Å². The number of aromatic amines is 1. The van der Waals surface area contributed by atoms with E-state index < -0.39 is 0 Å². The molecule has 1 aliphatic heterocycles. The molecule has 0 atom stereocenters. The van der Waals surface area contributed by atoms with Crippen LogP contribution in [0.25, 0.3) is 21.9 Å². The number of hydrogen-bond donors (Lipinski definition) is 1. The second kappa shape index (κ2) is 7.08. The second-order valence-corrected chi connectivity index (χ2v) is 7.84. The third-order valence-electron chi connectivity index (χ3n) is 5.74. The van der Waals surface area contributed by atoms with Gasteiger partial charge >= 0.3 is 5.69 Å². The van der Waals surface area contributed by atoms with E-state index in [2.05, 4.69) is 20.9 Å². The van der Waals surface area contributed by atoms with Gasteiger partial charge in [-0.3, -0.25) is 14.5 Å². The Labute approximate surface area is 167 Å². The first-order valence-electron chi connectivity index (χ1n) is 9.64. The van der Waals surface area contributed by atoms with Gasteiger partial charge in [-0.2, -0.15) is 0 Å². The molecule has 0 aliphatic carbocycles. The Hall–Kier alpha value is -2.63. The average Bonchev–Trinajstić information content (AvgIpc) is 3.07. The molecule has 4 aromatic rings. The minimum absolute atomic E-state index is 0.00690. The van der Waals surface area contributed by atoms with Gasteiger partial charge in [-0.25, -0.2) is 4.79 Å². The summed E-state index contributed by atoms with van der Waals surface area (Å²) in [4.78, 5) is 22.4. The lowest BCUT2D eigenvalue weighted by atomic mass is 10.0. The van der Waals surface area contributed by atoms with Gasteiger partial charge in [-0.05, 0) is 48.7 Å². The van der Waals surface area contributed by atoms with Crippen molar-refractivity contribution < 1.29 is 0 Å². The van der Waals surface area contributed by atoms with E-state index >= 15 is 0 Å². The molecule has 2 aromatic carbocycles. The fourth-order valence-corrected chi connectivity index (χ4v) is 4.55. The molecule has 0 bridgehead atoms. The van der Waals surface area contributed by atoms with E-state index in [-0.39, 0.29) is 11.7 Å². The molecular formula is C22H21ClN4O. The highest BCUT2D eigenvalue weighted by atomic mass is 35.5. The maximum atomic E-state index is 12.5. The molecule has 1 N–H and O–H groups in total. The Morgan fingerprint density at radius 2 is 1.89 bits per heavy atom. The first-order valence-corrected chi connectivity index (χ1v) is 10.0. The maximum absolute atomic E-state index is 12.5. The van der Waals surface area contributed by atoms with Crippen LogP contribution in [0.5, 0.6) is 0 Å². The molecular weight excluding hydrogens is 372 g/mol. The quantitative estimate of drug-likeness (QED) is 0.563. The molecule has 5 rings (SSSR count). The monoisotopic (exact) mass is 392 g/mol. The average molecular weight is 393 g/mol. The molecule has 0 saturated carbocycles. The summed E-state index contributed by atoms with van der Waals surface area (Å²) in [5.41, 5.74) is 4.08. The Morgan fingerprint density at radius 1 is 1.07 bits per heavy atom. The van der Waals surface area contributed by atoms with Crippen LogP contribution in [-0.4, -0.2) is 32.5 Å². The molecule has 1 fully saturated rings. The largest absolute Gasteiger partial charge is 0.326 e. The number of rotatable bonds is 3. The summed E-state index contributed by atoms with van der Waals surface area (Å²) in [5.74, 6) is 0. The number of imidazole rings is 1. The van der Waals surface area contributed by atoms with Crippen LogP contribution in [0.3, 0.4) is 0 Å². The smallest absolute Gasteiger partial charge is 0.306 e. The van der Waals surface area contributed by atoms with Crippen molar-refractivity contribution in [2.24, 2.45) is 0 Å². The van der Waals surface area contributed by atoms with Gasteiger partial charge in [0.25, 0.3) is 0 Å². The van der Waals surface area contributed by atoms with Gasteiger partial charge in [0.15, 0.2) is 0 Å². The summed E-state index contributed by atoms with van der Waals surface area (Å²) in [6, 6.07) is 16.1. The summed E-state index contributed by atoms with van der Waals surface area (Å²) in [6.45, 7) is 2.75. The molecule has 5 nitrogen and oxygen atoms in total. The zero-order valence-electron chi connectivity index (χ0n) is 15.4. The zero-order valence-corrected chi connectivity index (χ0v) is 16.2. The van der Waals surface area contributed by atoms with Crippen molar-refractivity contribution >= 4 is 33.5 Å². The van der Waals surface area contributed by atoms with Crippen molar-refractivity contribution in [3.8, 4) is 0 Å². The topological polar surface area (TPSA) is 53.9 Å². The highest BCUT2D eigenvalue weighted by Crippen LogP contribution is 2.29. The molecule has 142 valence electrons. The predicted octanol–water partition coefficient (Wildman–Crippen LogP) is 4.37. The van der Waals surface area contributed by atoms with Gasteiger partial charge in [0.2, 0.25) is 0 Å².